The SMILES string of the molecule is CC(C(=O)NC1C2CC3CC1CC(CC(N)=O)(C3)C2)N1CCCN(c2ccccc2F)S1(=O)=O. The number of hydrogen-bond acceptors (Lipinski definition) is 4. The van der Waals surface area contributed by atoms with Crippen LogP contribution in [0.1, 0.15) is 51.9 Å². The van der Waals surface area contributed by atoms with E-state index < -0.39 is 22.1 Å². The highest BCUT2D eigenvalue weighted by molar-refractivity contribution is 7.90. The van der Waals surface area contributed by atoms with Crippen LogP contribution in [0.15, 0.2) is 24.3 Å². The van der Waals surface area contributed by atoms with E-state index in [-0.39, 0.29) is 53.9 Å². The maximum atomic E-state index is 14.4. The van der Waals surface area contributed by atoms with Gasteiger partial charge in [0.15, 0.2) is 0 Å². The maximum Gasteiger partial charge on any atom is 0.304 e. The largest absolute Gasteiger partial charge is 0.370 e. The molecule has 4 saturated carbocycles. The Balaban J connectivity index is 1.30. The summed E-state index contributed by atoms with van der Waals surface area (Å²) < 4.78 is 43.3. The summed E-state index contributed by atoms with van der Waals surface area (Å²) in [6, 6.07) is 4.87. The molecule has 1 heterocycles. The van der Waals surface area contributed by atoms with Gasteiger partial charge >= 0.3 is 10.2 Å². The standard InChI is InChI=1S/C24H33FN4O4S/c1-15(28-7-4-8-29(34(28,32)33)20-6-3-2-5-19(20)25)23(31)27-22-17-9-16-10-18(22)13-24(11-16,12-17)14-21(26)30/h2-3,5-6,15-18,22H,4,7-14H2,1H3,(H2,26,30)(H,27,31). The summed E-state index contributed by atoms with van der Waals surface area (Å²) in [6.07, 6.45) is 5.76. The minimum absolute atomic E-state index is 0.000551. The number of carbonyl (C=O) groups excluding carboxylic acids is 2. The quantitative estimate of drug-likeness (QED) is 0.634. The van der Waals surface area contributed by atoms with Crippen LogP contribution in [0.4, 0.5) is 10.1 Å². The Hall–Kier alpha value is -2.20. The van der Waals surface area contributed by atoms with Crippen molar-refractivity contribution in [3.05, 3.63) is 30.1 Å². The summed E-state index contributed by atoms with van der Waals surface area (Å²) in [5.41, 5.74) is 5.51. The highest BCUT2D eigenvalue weighted by Crippen LogP contribution is 2.61. The maximum absolute atomic E-state index is 14.4. The molecule has 5 aliphatic rings. The van der Waals surface area contributed by atoms with Gasteiger partial charge in [-0.05, 0) is 80.8 Å². The molecule has 1 saturated heterocycles. The molecule has 5 fully saturated rings. The second-order valence-corrected chi connectivity index (χ2v) is 12.6. The van der Waals surface area contributed by atoms with E-state index in [1.54, 1.807) is 13.0 Å². The average Bonchev–Trinajstić information content (AvgIpc) is 2.74. The highest BCUT2D eigenvalue weighted by Gasteiger charge is 2.56. The third-order valence-corrected chi connectivity index (χ3v) is 10.5. The monoisotopic (exact) mass is 492 g/mol. The van der Waals surface area contributed by atoms with E-state index in [1.807, 2.05) is 0 Å². The number of para-hydroxylation sites is 1. The molecular formula is C24H33FN4O4S. The van der Waals surface area contributed by atoms with Crippen LogP contribution >= 0.6 is 0 Å². The first-order valence-electron chi connectivity index (χ1n) is 12.2. The number of nitrogens with two attached hydrogens (primary N) is 1. The van der Waals surface area contributed by atoms with Gasteiger partial charge in [-0.25, -0.2) is 4.39 Å². The van der Waals surface area contributed by atoms with Gasteiger partial charge in [0.1, 0.15) is 11.9 Å². The fourth-order valence-electron chi connectivity index (χ4n) is 7.45. The van der Waals surface area contributed by atoms with Crippen molar-refractivity contribution in [1.82, 2.24) is 9.62 Å². The number of rotatable bonds is 6. The predicted molar refractivity (Wildman–Crippen MR) is 125 cm³/mol. The van der Waals surface area contributed by atoms with E-state index in [4.69, 9.17) is 5.73 Å². The summed E-state index contributed by atoms with van der Waals surface area (Å²) in [6.45, 7) is 1.98. The third kappa shape index (κ3) is 3.98. The number of nitrogens with one attached hydrogen (secondary N) is 1. The molecule has 1 aromatic rings. The molecule has 0 radical (unpaired) electrons. The minimum Gasteiger partial charge on any atom is -0.370 e. The van der Waals surface area contributed by atoms with Gasteiger partial charge in [-0.2, -0.15) is 12.7 Å². The number of primary amides is 1. The number of halogens is 1. The van der Waals surface area contributed by atoms with Gasteiger partial charge in [-0.1, -0.05) is 12.1 Å². The molecule has 10 heteroatoms. The Bertz CT molecular complexity index is 1080. The second kappa shape index (κ2) is 8.48. The lowest BCUT2D eigenvalue weighted by Crippen LogP contribution is -2.63. The van der Waals surface area contributed by atoms with Crippen molar-refractivity contribution in [3.8, 4) is 0 Å². The first-order valence-corrected chi connectivity index (χ1v) is 13.6. The van der Waals surface area contributed by atoms with E-state index in [1.165, 1.54) is 22.5 Å². The number of hydrogen-bond donors (Lipinski definition) is 2. The molecular weight excluding hydrogens is 459 g/mol. The van der Waals surface area contributed by atoms with Crippen molar-refractivity contribution >= 4 is 27.7 Å². The molecule has 4 bridgehead atoms. The smallest absolute Gasteiger partial charge is 0.304 e. The number of benzene rings is 1. The number of anilines is 1. The van der Waals surface area contributed by atoms with Crippen LogP contribution in [0.2, 0.25) is 0 Å². The lowest BCUT2D eigenvalue weighted by atomic mass is 9.47. The first-order chi connectivity index (χ1) is 16.1. The van der Waals surface area contributed by atoms with Gasteiger partial charge in [-0.3, -0.25) is 13.9 Å². The summed E-state index contributed by atoms with van der Waals surface area (Å²) in [5.74, 6) is -0.0433. The Labute approximate surface area is 200 Å². The normalized spacial score (nSPS) is 35.2. The molecule has 3 unspecified atom stereocenters. The van der Waals surface area contributed by atoms with Crippen molar-refractivity contribution < 1.29 is 22.4 Å². The van der Waals surface area contributed by atoms with Crippen molar-refractivity contribution in [3.63, 3.8) is 0 Å². The van der Waals surface area contributed by atoms with Crippen LogP contribution in [-0.2, 0) is 19.8 Å². The third-order valence-electron chi connectivity index (χ3n) is 8.51. The van der Waals surface area contributed by atoms with Crippen LogP contribution in [0.25, 0.3) is 0 Å². The second-order valence-electron chi connectivity index (χ2n) is 10.8. The van der Waals surface area contributed by atoms with Crippen LogP contribution in [0, 0.1) is 29.0 Å². The minimum atomic E-state index is -4.05. The van der Waals surface area contributed by atoms with Gasteiger partial charge in [0.2, 0.25) is 11.8 Å². The summed E-state index contributed by atoms with van der Waals surface area (Å²) in [7, 11) is -4.05. The molecule has 6 rings (SSSR count). The van der Waals surface area contributed by atoms with E-state index >= 15 is 0 Å². The number of nitrogens with zero attached hydrogens (tertiary/aromatic N) is 2. The fourth-order valence-corrected chi connectivity index (χ4v) is 9.31. The average molecular weight is 493 g/mol. The Morgan fingerprint density at radius 2 is 1.85 bits per heavy atom. The summed E-state index contributed by atoms with van der Waals surface area (Å²) >= 11 is 0. The molecule has 1 aromatic carbocycles. The van der Waals surface area contributed by atoms with Gasteiger partial charge in [0.05, 0.1) is 5.69 Å². The predicted octanol–water partition coefficient (Wildman–Crippen LogP) is 2.16. The topological polar surface area (TPSA) is 113 Å². The summed E-state index contributed by atoms with van der Waals surface area (Å²) in [4.78, 5) is 25.0. The zero-order chi connectivity index (χ0) is 24.3. The molecule has 3 atom stereocenters. The lowest BCUT2D eigenvalue weighted by molar-refractivity contribution is -0.136. The zero-order valence-corrected chi connectivity index (χ0v) is 20.3. The van der Waals surface area contributed by atoms with Crippen LogP contribution in [-0.4, -0.2) is 49.7 Å². The van der Waals surface area contributed by atoms with Gasteiger partial charge in [-0.15, -0.1) is 0 Å². The van der Waals surface area contributed by atoms with Gasteiger partial charge in [0.25, 0.3) is 0 Å². The fraction of sp³-hybridized carbons (Fsp3) is 0.667. The van der Waals surface area contributed by atoms with Crippen molar-refractivity contribution in [2.45, 2.75) is 64.0 Å². The molecule has 186 valence electrons. The molecule has 34 heavy (non-hydrogen) atoms. The molecule has 2 amide bonds. The zero-order valence-electron chi connectivity index (χ0n) is 19.5. The number of carbonyl (C=O) groups is 2. The lowest BCUT2D eigenvalue weighted by Gasteiger charge is -2.60. The van der Waals surface area contributed by atoms with Crippen molar-refractivity contribution in [2.24, 2.45) is 28.9 Å². The van der Waals surface area contributed by atoms with Crippen LogP contribution < -0.4 is 15.4 Å². The van der Waals surface area contributed by atoms with Gasteiger partial charge in [0, 0.05) is 25.6 Å². The molecule has 4 aliphatic carbocycles. The van der Waals surface area contributed by atoms with Crippen LogP contribution in [0.3, 0.4) is 0 Å². The molecule has 1 aliphatic heterocycles. The molecule has 3 N–H and O–H groups in total. The van der Waals surface area contributed by atoms with Crippen LogP contribution in [0.5, 0.6) is 0 Å². The highest BCUT2D eigenvalue weighted by atomic mass is 32.2. The van der Waals surface area contributed by atoms with E-state index in [2.05, 4.69) is 5.32 Å². The van der Waals surface area contributed by atoms with E-state index in [0.717, 1.165) is 36.4 Å². The number of amides is 2. The van der Waals surface area contributed by atoms with Crippen molar-refractivity contribution in [1.29, 1.82) is 0 Å². The van der Waals surface area contributed by atoms with E-state index in [0.29, 0.717) is 18.8 Å². The molecule has 0 aromatic heterocycles. The first kappa shape index (κ1) is 23.5. The molecule has 0 spiro atoms. The Morgan fingerprint density at radius 1 is 1.18 bits per heavy atom. The summed E-state index contributed by atoms with van der Waals surface area (Å²) in [5, 5.41) is 3.18. The van der Waals surface area contributed by atoms with E-state index in [9.17, 15) is 22.4 Å². The Kier molecular flexibility index (Phi) is 5.87. The van der Waals surface area contributed by atoms with Gasteiger partial charge < -0.3 is 11.1 Å². The molecule has 8 nitrogen and oxygen atoms in total. The Morgan fingerprint density at radius 3 is 2.50 bits per heavy atom. The van der Waals surface area contributed by atoms with Crippen molar-refractivity contribution in [2.75, 3.05) is 17.4 Å².